The van der Waals surface area contributed by atoms with Gasteiger partial charge in [-0.3, -0.25) is 5.43 Å². The van der Waals surface area contributed by atoms with Gasteiger partial charge in [0.15, 0.2) is 0 Å². The van der Waals surface area contributed by atoms with Crippen LogP contribution in [-0.2, 0) is 10.9 Å². The van der Waals surface area contributed by atoms with Crippen LogP contribution >= 0.6 is 0 Å². The van der Waals surface area contributed by atoms with Crippen LogP contribution in [0.15, 0.2) is 29.8 Å². The van der Waals surface area contributed by atoms with Crippen LogP contribution < -0.4 is 10.3 Å². The number of rotatable bonds is 2. The van der Waals surface area contributed by atoms with Gasteiger partial charge in [0.1, 0.15) is 12.1 Å². The van der Waals surface area contributed by atoms with Crippen LogP contribution in [0.25, 0.3) is 0 Å². The summed E-state index contributed by atoms with van der Waals surface area (Å²) < 4.78 is 70.1. The average Bonchev–Trinajstić information content (AvgIpc) is 2.44. The molecule has 22 heavy (non-hydrogen) atoms. The monoisotopic (exact) mass is 320 g/mol. The molecule has 1 fully saturated rings. The van der Waals surface area contributed by atoms with Gasteiger partial charge >= 0.3 is 6.18 Å². The van der Waals surface area contributed by atoms with Crippen LogP contribution in [0.1, 0.15) is 11.1 Å². The first kappa shape index (κ1) is 14.5. The van der Waals surface area contributed by atoms with Crippen molar-refractivity contribution in [1.29, 1.82) is 0 Å². The van der Waals surface area contributed by atoms with E-state index >= 15 is 0 Å². The molecule has 0 atom stereocenters. The third kappa shape index (κ3) is 2.68. The molecule has 5 nitrogen and oxygen atoms in total. The Morgan fingerprint density at radius 3 is 2.55 bits per heavy atom. The SMILES string of the molecule is FC1(F)CN(c2ncc(C3=NNC=CO3)cc2C(F)(F)F)C1. The summed E-state index contributed by atoms with van der Waals surface area (Å²) in [5.41, 5.74) is 1.30. The summed E-state index contributed by atoms with van der Waals surface area (Å²) in [6.07, 6.45) is -1.08. The zero-order valence-corrected chi connectivity index (χ0v) is 10.9. The molecule has 0 spiro atoms. The van der Waals surface area contributed by atoms with Crippen molar-refractivity contribution in [2.24, 2.45) is 5.10 Å². The molecule has 1 aromatic rings. The lowest BCUT2D eigenvalue weighted by Gasteiger charge is -2.40. The normalized spacial score (nSPS) is 19.9. The molecule has 3 rings (SSSR count). The van der Waals surface area contributed by atoms with Crippen molar-refractivity contribution in [3.63, 3.8) is 0 Å². The number of alkyl halides is 5. The van der Waals surface area contributed by atoms with Gasteiger partial charge in [-0.05, 0) is 6.07 Å². The molecule has 0 radical (unpaired) electrons. The molecule has 0 bridgehead atoms. The average molecular weight is 320 g/mol. The van der Waals surface area contributed by atoms with Gasteiger partial charge in [0, 0.05) is 6.20 Å². The zero-order chi connectivity index (χ0) is 16.0. The predicted octanol–water partition coefficient (Wildman–Crippen LogP) is 2.31. The Bertz CT molecular complexity index is 647. The van der Waals surface area contributed by atoms with Crippen molar-refractivity contribution in [2.45, 2.75) is 12.1 Å². The number of nitrogens with zero attached hydrogens (tertiary/aromatic N) is 3. The molecular weight excluding hydrogens is 311 g/mol. The van der Waals surface area contributed by atoms with E-state index in [9.17, 15) is 22.0 Å². The standard InChI is InChI=1S/C12H9F5N4O/c13-11(14)5-21(6-11)9-8(12(15,16)17)3-7(4-18-9)10-20-19-1-2-22-10/h1-4,19H,5-6H2. The molecule has 1 aromatic heterocycles. The molecule has 2 aliphatic heterocycles. The molecule has 0 aliphatic carbocycles. The molecule has 3 heterocycles. The highest BCUT2D eigenvalue weighted by Gasteiger charge is 2.47. The van der Waals surface area contributed by atoms with Crippen LogP contribution in [0.4, 0.5) is 27.8 Å². The third-order valence-electron chi connectivity index (χ3n) is 3.05. The van der Waals surface area contributed by atoms with Crippen LogP contribution in [0.2, 0.25) is 0 Å². The number of nitrogens with one attached hydrogen (secondary N) is 1. The van der Waals surface area contributed by atoms with Crippen LogP contribution in [0.3, 0.4) is 0 Å². The quantitative estimate of drug-likeness (QED) is 0.850. The maximum absolute atomic E-state index is 13.1. The molecule has 2 aliphatic rings. The van der Waals surface area contributed by atoms with Gasteiger partial charge in [-0.2, -0.15) is 13.2 Å². The molecule has 0 unspecified atom stereocenters. The Morgan fingerprint density at radius 1 is 1.27 bits per heavy atom. The number of hydrogen-bond acceptors (Lipinski definition) is 5. The Kier molecular flexibility index (Phi) is 3.18. The predicted molar refractivity (Wildman–Crippen MR) is 66.3 cm³/mol. The first-order valence-corrected chi connectivity index (χ1v) is 6.11. The lowest BCUT2D eigenvalue weighted by Crippen LogP contribution is -2.57. The van der Waals surface area contributed by atoms with E-state index in [1.165, 1.54) is 12.5 Å². The summed E-state index contributed by atoms with van der Waals surface area (Å²) >= 11 is 0. The minimum Gasteiger partial charge on any atom is -0.443 e. The summed E-state index contributed by atoms with van der Waals surface area (Å²) in [5.74, 6) is -3.61. The summed E-state index contributed by atoms with van der Waals surface area (Å²) in [6.45, 7) is -1.58. The van der Waals surface area contributed by atoms with E-state index in [-0.39, 0.29) is 11.5 Å². The molecule has 0 saturated carbocycles. The number of ether oxygens (including phenoxy) is 1. The summed E-state index contributed by atoms with van der Waals surface area (Å²) in [4.78, 5) is 4.55. The minimum absolute atomic E-state index is 0.0137. The van der Waals surface area contributed by atoms with Crippen molar-refractivity contribution >= 4 is 11.7 Å². The first-order chi connectivity index (χ1) is 10.3. The van der Waals surface area contributed by atoms with Crippen molar-refractivity contribution in [2.75, 3.05) is 18.0 Å². The van der Waals surface area contributed by atoms with E-state index < -0.39 is 36.6 Å². The third-order valence-corrected chi connectivity index (χ3v) is 3.05. The summed E-state index contributed by atoms with van der Waals surface area (Å²) in [5, 5.41) is 3.67. The van der Waals surface area contributed by atoms with Gasteiger partial charge in [0.25, 0.3) is 5.92 Å². The van der Waals surface area contributed by atoms with Crippen LogP contribution in [0.5, 0.6) is 0 Å². The molecule has 10 heteroatoms. The number of hydrogen-bond donors (Lipinski definition) is 1. The van der Waals surface area contributed by atoms with Gasteiger partial charge in [0.05, 0.1) is 30.4 Å². The van der Waals surface area contributed by atoms with E-state index in [1.807, 2.05) is 0 Å². The number of pyridine rings is 1. The van der Waals surface area contributed by atoms with Crippen molar-refractivity contribution in [3.05, 3.63) is 35.9 Å². The van der Waals surface area contributed by atoms with E-state index in [4.69, 9.17) is 4.74 Å². The van der Waals surface area contributed by atoms with E-state index in [0.717, 1.165) is 17.2 Å². The van der Waals surface area contributed by atoms with Crippen LogP contribution in [-0.4, -0.2) is 29.9 Å². The van der Waals surface area contributed by atoms with Crippen molar-refractivity contribution in [1.82, 2.24) is 10.4 Å². The first-order valence-electron chi connectivity index (χ1n) is 6.11. The largest absolute Gasteiger partial charge is 0.443 e. The Labute approximate surface area is 121 Å². The highest BCUT2D eigenvalue weighted by molar-refractivity contribution is 5.94. The van der Waals surface area contributed by atoms with Crippen molar-refractivity contribution < 1.29 is 26.7 Å². The van der Waals surface area contributed by atoms with Crippen molar-refractivity contribution in [3.8, 4) is 0 Å². The summed E-state index contributed by atoms with van der Waals surface area (Å²) in [6, 6.07) is 0.776. The fraction of sp³-hybridized carbons (Fsp3) is 0.333. The van der Waals surface area contributed by atoms with Crippen LogP contribution in [0, 0.1) is 0 Å². The smallest absolute Gasteiger partial charge is 0.419 e. The number of anilines is 1. The Morgan fingerprint density at radius 2 is 2.00 bits per heavy atom. The van der Waals surface area contributed by atoms with E-state index in [1.54, 1.807) is 0 Å². The van der Waals surface area contributed by atoms with Gasteiger partial charge in [0.2, 0.25) is 5.90 Å². The van der Waals surface area contributed by atoms with E-state index in [2.05, 4.69) is 15.5 Å². The molecule has 0 amide bonds. The fourth-order valence-electron chi connectivity index (χ4n) is 2.08. The summed E-state index contributed by atoms with van der Waals surface area (Å²) in [7, 11) is 0. The van der Waals surface area contributed by atoms with Gasteiger partial charge in [-0.15, -0.1) is 5.10 Å². The molecular formula is C12H9F5N4O. The topological polar surface area (TPSA) is 49.8 Å². The second-order valence-corrected chi connectivity index (χ2v) is 4.77. The highest BCUT2D eigenvalue weighted by Crippen LogP contribution is 2.40. The molecule has 1 saturated heterocycles. The zero-order valence-electron chi connectivity index (χ0n) is 10.9. The minimum atomic E-state index is -4.73. The maximum atomic E-state index is 13.1. The molecule has 1 N–H and O–H groups in total. The highest BCUT2D eigenvalue weighted by atomic mass is 19.4. The number of halogens is 5. The maximum Gasteiger partial charge on any atom is 0.419 e. The van der Waals surface area contributed by atoms with Gasteiger partial charge in [-0.25, -0.2) is 13.8 Å². The number of aromatic nitrogens is 1. The van der Waals surface area contributed by atoms with E-state index in [0.29, 0.717) is 0 Å². The van der Waals surface area contributed by atoms with Gasteiger partial charge < -0.3 is 9.64 Å². The molecule has 0 aromatic carbocycles. The van der Waals surface area contributed by atoms with Gasteiger partial charge in [-0.1, -0.05) is 0 Å². The Balaban J connectivity index is 1.96. The molecule has 118 valence electrons. The second-order valence-electron chi connectivity index (χ2n) is 4.77. The Hall–Kier alpha value is -2.39. The number of hydrazone groups is 1. The lowest BCUT2D eigenvalue weighted by atomic mass is 10.1. The fourth-order valence-corrected chi connectivity index (χ4v) is 2.08. The second kappa shape index (κ2) is 4.82. The lowest BCUT2D eigenvalue weighted by molar-refractivity contribution is -0.137.